The third-order valence-electron chi connectivity index (χ3n) is 5.63. The minimum absolute atomic E-state index is 0.0175. The largest absolute Gasteiger partial charge is 0.406 e. The average molecular weight is 409 g/mol. The maximum Gasteiger partial charge on any atom is 0.406 e. The molecule has 3 heterocycles. The van der Waals surface area contributed by atoms with Gasteiger partial charge < -0.3 is 9.64 Å². The van der Waals surface area contributed by atoms with Gasteiger partial charge in [0.2, 0.25) is 5.91 Å². The van der Waals surface area contributed by atoms with Crippen LogP contribution in [0.5, 0.6) is 0 Å². The molecule has 1 aromatic heterocycles. The van der Waals surface area contributed by atoms with Gasteiger partial charge in [0.05, 0.1) is 16.9 Å². The van der Waals surface area contributed by atoms with E-state index in [1.165, 1.54) is 6.07 Å². The fourth-order valence-corrected chi connectivity index (χ4v) is 4.25. The predicted molar refractivity (Wildman–Crippen MR) is 99.3 cm³/mol. The van der Waals surface area contributed by atoms with Gasteiger partial charge in [0.25, 0.3) is 5.56 Å². The number of hydrogen-bond donors (Lipinski definition) is 0. The van der Waals surface area contributed by atoms with E-state index in [1.807, 2.05) is 0 Å². The number of rotatable bonds is 3. The Morgan fingerprint density at radius 1 is 1.17 bits per heavy atom. The number of fused-ring (bicyclic) bond motifs is 1. The van der Waals surface area contributed by atoms with E-state index in [0.29, 0.717) is 55.5 Å². The van der Waals surface area contributed by atoms with Gasteiger partial charge >= 0.3 is 6.18 Å². The molecule has 1 unspecified atom stereocenters. The first kappa shape index (κ1) is 19.9. The molecule has 0 spiro atoms. The number of ether oxygens (including phenoxy) is 1. The molecule has 2 fully saturated rings. The molecule has 2 aliphatic heterocycles. The van der Waals surface area contributed by atoms with E-state index in [1.54, 1.807) is 23.1 Å². The van der Waals surface area contributed by atoms with Crippen LogP contribution in [0.3, 0.4) is 0 Å². The van der Waals surface area contributed by atoms with Crippen LogP contribution < -0.4 is 5.56 Å². The lowest BCUT2D eigenvalue weighted by atomic mass is 9.98. The Morgan fingerprint density at radius 2 is 1.90 bits per heavy atom. The van der Waals surface area contributed by atoms with Crippen LogP contribution in [0.4, 0.5) is 13.2 Å². The minimum atomic E-state index is -4.57. The van der Waals surface area contributed by atoms with Gasteiger partial charge in [0, 0.05) is 25.7 Å². The van der Waals surface area contributed by atoms with Crippen LogP contribution in [0.25, 0.3) is 10.9 Å². The molecule has 0 N–H and O–H groups in total. The number of nitrogens with zero attached hydrogens (tertiary/aromatic N) is 3. The van der Waals surface area contributed by atoms with E-state index in [0.717, 1.165) is 0 Å². The lowest BCUT2D eigenvalue weighted by Gasteiger charge is -2.31. The van der Waals surface area contributed by atoms with Crippen LogP contribution in [0.15, 0.2) is 29.1 Å². The van der Waals surface area contributed by atoms with Crippen LogP contribution in [-0.2, 0) is 16.1 Å². The number of halogens is 3. The summed E-state index contributed by atoms with van der Waals surface area (Å²) >= 11 is 0. The summed E-state index contributed by atoms with van der Waals surface area (Å²) < 4.78 is 45.8. The van der Waals surface area contributed by atoms with Crippen molar-refractivity contribution in [1.29, 1.82) is 0 Å². The highest BCUT2D eigenvalue weighted by atomic mass is 19.4. The molecule has 0 bridgehead atoms. The Bertz CT molecular complexity index is 967. The van der Waals surface area contributed by atoms with Crippen molar-refractivity contribution in [2.24, 2.45) is 5.92 Å². The molecule has 0 radical (unpaired) electrons. The molecule has 1 atom stereocenters. The van der Waals surface area contributed by atoms with E-state index in [4.69, 9.17) is 4.74 Å². The number of aromatic nitrogens is 2. The van der Waals surface area contributed by atoms with Crippen LogP contribution in [0.2, 0.25) is 0 Å². The summed E-state index contributed by atoms with van der Waals surface area (Å²) in [7, 11) is 0. The second-order valence-corrected chi connectivity index (χ2v) is 7.57. The molecule has 0 saturated carbocycles. The van der Waals surface area contributed by atoms with Gasteiger partial charge in [-0.15, -0.1) is 0 Å². The van der Waals surface area contributed by atoms with Gasteiger partial charge in [-0.1, -0.05) is 12.1 Å². The van der Waals surface area contributed by atoms with Gasteiger partial charge in [-0.05, 0) is 37.8 Å². The normalized spacial score (nSPS) is 21.1. The Hall–Kier alpha value is -2.42. The lowest BCUT2D eigenvalue weighted by molar-refractivity contribution is -0.143. The molecule has 9 heteroatoms. The third kappa shape index (κ3) is 4.01. The summed E-state index contributed by atoms with van der Waals surface area (Å²) in [5.74, 6) is -0.270. The molecular formula is C20H22F3N3O3. The van der Waals surface area contributed by atoms with Crippen molar-refractivity contribution in [3.05, 3.63) is 40.4 Å². The van der Waals surface area contributed by atoms with Crippen LogP contribution in [0, 0.1) is 5.92 Å². The first-order valence-electron chi connectivity index (χ1n) is 9.79. The first-order valence-corrected chi connectivity index (χ1v) is 9.79. The number of carbonyl (C=O) groups excluding carboxylic acids is 1. The quantitative estimate of drug-likeness (QED) is 0.782. The monoisotopic (exact) mass is 409 g/mol. The number of amides is 1. The summed E-state index contributed by atoms with van der Waals surface area (Å²) in [5, 5.41) is 0.140. The first-order chi connectivity index (χ1) is 13.8. The second-order valence-electron chi connectivity index (χ2n) is 7.57. The molecule has 1 aromatic carbocycles. The van der Waals surface area contributed by atoms with E-state index in [9.17, 15) is 22.8 Å². The molecule has 2 aromatic rings. The van der Waals surface area contributed by atoms with E-state index in [-0.39, 0.29) is 23.0 Å². The zero-order valence-electron chi connectivity index (χ0n) is 15.8. The zero-order chi connectivity index (χ0) is 20.6. The highest BCUT2D eigenvalue weighted by molar-refractivity contribution is 5.80. The highest BCUT2D eigenvalue weighted by Gasteiger charge is 2.39. The van der Waals surface area contributed by atoms with Gasteiger partial charge in [-0.2, -0.15) is 13.2 Å². The van der Waals surface area contributed by atoms with Crippen molar-refractivity contribution < 1.29 is 22.7 Å². The SMILES string of the molecule is O=C(C1CCOCC1)N1CCCC1c1nc2ccccc2c(=O)n1CC(F)(F)F. The molecule has 1 amide bonds. The number of benzene rings is 1. The van der Waals surface area contributed by atoms with Gasteiger partial charge in [-0.3, -0.25) is 14.2 Å². The van der Waals surface area contributed by atoms with Crippen molar-refractivity contribution in [3.8, 4) is 0 Å². The van der Waals surface area contributed by atoms with E-state index in [2.05, 4.69) is 4.98 Å². The van der Waals surface area contributed by atoms with Crippen molar-refractivity contribution in [3.63, 3.8) is 0 Å². The summed E-state index contributed by atoms with van der Waals surface area (Å²) in [5.41, 5.74) is -0.385. The zero-order valence-corrected chi connectivity index (χ0v) is 15.8. The maximum atomic E-state index is 13.3. The fraction of sp³-hybridized carbons (Fsp3) is 0.550. The van der Waals surface area contributed by atoms with Crippen LogP contribution in [0.1, 0.15) is 37.5 Å². The van der Waals surface area contributed by atoms with E-state index < -0.39 is 24.3 Å². The van der Waals surface area contributed by atoms with Gasteiger partial charge in [-0.25, -0.2) is 4.98 Å². The summed E-state index contributed by atoms with van der Waals surface area (Å²) in [6.45, 7) is 0.0359. The van der Waals surface area contributed by atoms with Crippen molar-refractivity contribution in [2.45, 2.75) is 44.4 Å². The fourth-order valence-electron chi connectivity index (χ4n) is 4.25. The maximum absolute atomic E-state index is 13.3. The number of para-hydroxylation sites is 1. The van der Waals surface area contributed by atoms with Gasteiger partial charge in [0.1, 0.15) is 12.4 Å². The molecule has 156 valence electrons. The summed E-state index contributed by atoms with van der Waals surface area (Å²) in [6, 6.07) is 5.73. The number of hydrogen-bond acceptors (Lipinski definition) is 4. The molecular weight excluding hydrogens is 387 g/mol. The standard InChI is InChI=1S/C20H22F3N3O3/c21-20(22,23)12-26-17(24-15-5-2-1-4-14(15)19(26)28)16-6-3-9-25(16)18(27)13-7-10-29-11-8-13/h1-2,4-5,13,16H,3,6-12H2. The Kier molecular flexibility index (Phi) is 5.33. The second kappa shape index (κ2) is 7.78. The highest BCUT2D eigenvalue weighted by Crippen LogP contribution is 2.34. The predicted octanol–water partition coefficient (Wildman–Crippen LogP) is 3.05. The molecule has 2 aliphatic rings. The number of likely N-dealkylation sites (tertiary alicyclic amines) is 1. The van der Waals surface area contributed by atoms with Crippen LogP contribution in [-0.4, -0.2) is 46.3 Å². The van der Waals surface area contributed by atoms with E-state index >= 15 is 0 Å². The van der Waals surface area contributed by atoms with Crippen molar-refractivity contribution in [2.75, 3.05) is 19.8 Å². The number of carbonyl (C=O) groups is 1. The summed E-state index contributed by atoms with van der Waals surface area (Å²) in [4.78, 5) is 32.0. The topological polar surface area (TPSA) is 64.4 Å². The molecule has 4 rings (SSSR count). The van der Waals surface area contributed by atoms with Crippen molar-refractivity contribution in [1.82, 2.24) is 14.5 Å². The average Bonchev–Trinajstić information content (AvgIpc) is 3.19. The Balaban J connectivity index is 1.77. The third-order valence-corrected chi connectivity index (χ3v) is 5.63. The van der Waals surface area contributed by atoms with Crippen LogP contribution >= 0.6 is 0 Å². The lowest BCUT2D eigenvalue weighted by Crippen LogP contribution is -2.41. The molecule has 0 aliphatic carbocycles. The summed E-state index contributed by atoms with van der Waals surface area (Å²) in [6.07, 6.45) is -2.23. The molecule has 6 nitrogen and oxygen atoms in total. The smallest absolute Gasteiger partial charge is 0.381 e. The number of alkyl halides is 3. The Labute approximate surface area is 165 Å². The molecule has 2 saturated heterocycles. The van der Waals surface area contributed by atoms with Gasteiger partial charge in [0.15, 0.2) is 0 Å². The van der Waals surface area contributed by atoms with Crippen molar-refractivity contribution >= 4 is 16.8 Å². The Morgan fingerprint density at radius 3 is 2.62 bits per heavy atom. The molecule has 29 heavy (non-hydrogen) atoms. The minimum Gasteiger partial charge on any atom is -0.381 e.